The van der Waals surface area contributed by atoms with Gasteiger partial charge in [0.2, 0.25) is 0 Å². The molecular weight excluding hydrogens is 327 g/mol. The van der Waals surface area contributed by atoms with Crippen LogP contribution in [-0.2, 0) is 0 Å². The Hall–Kier alpha value is 0.277. The van der Waals surface area contributed by atoms with Crippen molar-refractivity contribution in [2.45, 2.75) is 95.6 Å². The summed E-state index contributed by atoms with van der Waals surface area (Å²) in [6, 6.07) is 2.16. The standard InChI is InChI=1S/C19H36Cl2Si/c1-3-5-7-9-11-13-15-17-19-22(20,21)18-16-14-12-10-8-6-4-2/h3-4H,1-2,5-19H2. The van der Waals surface area contributed by atoms with E-state index in [2.05, 4.69) is 13.2 Å². The summed E-state index contributed by atoms with van der Waals surface area (Å²) in [7, 11) is 0. The van der Waals surface area contributed by atoms with Crippen LogP contribution in [0.5, 0.6) is 0 Å². The zero-order valence-electron chi connectivity index (χ0n) is 14.4. The first-order valence-electron chi connectivity index (χ1n) is 9.22. The highest BCUT2D eigenvalue weighted by atomic mass is 35.7. The van der Waals surface area contributed by atoms with Gasteiger partial charge in [0, 0.05) is 0 Å². The number of allylic oxidation sites excluding steroid dienone is 2. The summed E-state index contributed by atoms with van der Waals surface area (Å²) in [5.41, 5.74) is 0. The third kappa shape index (κ3) is 16.6. The third-order valence-corrected chi connectivity index (χ3v) is 8.59. The molecule has 0 radical (unpaired) electrons. The molecule has 0 bridgehead atoms. The topological polar surface area (TPSA) is 0 Å². The van der Waals surface area contributed by atoms with E-state index >= 15 is 0 Å². The average molecular weight is 363 g/mol. The molecule has 0 aliphatic carbocycles. The first-order chi connectivity index (χ1) is 10.6. The lowest BCUT2D eigenvalue weighted by Gasteiger charge is -2.16. The Balaban J connectivity index is 3.37. The molecule has 0 amide bonds. The molecule has 130 valence electrons. The van der Waals surface area contributed by atoms with Crippen molar-refractivity contribution in [3.8, 4) is 0 Å². The molecule has 0 spiro atoms. The fraction of sp³-hybridized carbons (Fsp3) is 0.789. The predicted molar refractivity (Wildman–Crippen MR) is 107 cm³/mol. The molecule has 0 saturated heterocycles. The van der Waals surface area contributed by atoms with Gasteiger partial charge in [-0.2, -0.15) is 0 Å². The van der Waals surface area contributed by atoms with Crippen molar-refractivity contribution >= 4 is 28.9 Å². The molecule has 0 N–H and O–H groups in total. The van der Waals surface area contributed by atoms with Gasteiger partial charge in [-0.3, -0.25) is 0 Å². The van der Waals surface area contributed by atoms with Crippen LogP contribution in [-0.4, -0.2) is 6.69 Å². The van der Waals surface area contributed by atoms with E-state index in [4.69, 9.17) is 22.2 Å². The van der Waals surface area contributed by atoms with Crippen molar-refractivity contribution in [1.29, 1.82) is 0 Å². The molecule has 0 aliphatic heterocycles. The number of hydrogen-bond donors (Lipinski definition) is 0. The lowest BCUT2D eigenvalue weighted by molar-refractivity contribution is 0.609. The maximum absolute atomic E-state index is 6.56. The predicted octanol–water partition coefficient (Wildman–Crippen LogP) is 8.35. The first kappa shape index (κ1) is 22.3. The van der Waals surface area contributed by atoms with E-state index in [0.717, 1.165) is 24.9 Å². The van der Waals surface area contributed by atoms with Crippen LogP contribution in [0.1, 0.15) is 83.5 Å². The van der Waals surface area contributed by atoms with E-state index in [-0.39, 0.29) is 0 Å². The molecular formula is C19H36Cl2Si. The number of halogens is 2. The van der Waals surface area contributed by atoms with Gasteiger partial charge in [-0.25, -0.2) is 0 Å². The maximum atomic E-state index is 6.56. The SMILES string of the molecule is C=CCCCCCCCC[Si](Cl)(Cl)CCCCCCCC=C. The van der Waals surface area contributed by atoms with E-state index in [1.165, 1.54) is 70.6 Å². The van der Waals surface area contributed by atoms with Crippen molar-refractivity contribution in [3.05, 3.63) is 25.3 Å². The van der Waals surface area contributed by atoms with E-state index in [0.29, 0.717) is 0 Å². The average Bonchev–Trinajstić information content (AvgIpc) is 2.49. The number of rotatable bonds is 17. The second kappa shape index (κ2) is 16.1. The smallest absolute Gasteiger partial charge is 0.146 e. The molecule has 0 unspecified atom stereocenters. The van der Waals surface area contributed by atoms with E-state index < -0.39 is 6.69 Å². The van der Waals surface area contributed by atoms with Crippen LogP contribution >= 0.6 is 22.2 Å². The van der Waals surface area contributed by atoms with Gasteiger partial charge >= 0.3 is 0 Å². The van der Waals surface area contributed by atoms with Gasteiger partial charge in [-0.15, -0.1) is 35.3 Å². The van der Waals surface area contributed by atoms with Crippen LogP contribution in [0.25, 0.3) is 0 Å². The zero-order chi connectivity index (χ0) is 16.5. The minimum Gasteiger partial charge on any atom is -0.146 e. The van der Waals surface area contributed by atoms with Gasteiger partial charge in [-0.05, 0) is 37.8 Å². The van der Waals surface area contributed by atoms with Gasteiger partial charge in [0.25, 0.3) is 6.69 Å². The summed E-state index contributed by atoms with van der Waals surface area (Å²) >= 11 is 13.1. The highest BCUT2D eigenvalue weighted by Gasteiger charge is 2.26. The van der Waals surface area contributed by atoms with Crippen LogP contribution in [0, 0.1) is 0 Å². The van der Waals surface area contributed by atoms with Crippen molar-refractivity contribution in [1.82, 2.24) is 0 Å². The molecule has 0 aliphatic rings. The second-order valence-corrected chi connectivity index (χ2v) is 14.0. The monoisotopic (exact) mass is 362 g/mol. The summed E-state index contributed by atoms with van der Waals surface area (Å²) in [6.45, 7) is 5.56. The van der Waals surface area contributed by atoms with Crippen molar-refractivity contribution in [3.63, 3.8) is 0 Å². The van der Waals surface area contributed by atoms with Crippen molar-refractivity contribution < 1.29 is 0 Å². The van der Waals surface area contributed by atoms with E-state index in [1.54, 1.807) is 0 Å². The summed E-state index contributed by atoms with van der Waals surface area (Å²) < 4.78 is 0. The Kier molecular flexibility index (Phi) is 16.3. The zero-order valence-corrected chi connectivity index (χ0v) is 16.9. The molecule has 22 heavy (non-hydrogen) atoms. The fourth-order valence-electron chi connectivity index (χ4n) is 2.71. The Morgan fingerprint density at radius 3 is 1.23 bits per heavy atom. The lowest BCUT2D eigenvalue weighted by Crippen LogP contribution is -2.18. The highest BCUT2D eigenvalue weighted by Crippen LogP contribution is 2.30. The van der Waals surface area contributed by atoms with Crippen molar-refractivity contribution in [2.75, 3.05) is 0 Å². The van der Waals surface area contributed by atoms with Gasteiger partial charge in [0.1, 0.15) is 0 Å². The molecule has 0 aromatic heterocycles. The Morgan fingerprint density at radius 1 is 0.545 bits per heavy atom. The summed E-state index contributed by atoms with van der Waals surface area (Å²) in [5, 5.41) is 0. The molecule has 0 fully saturated rings. The minimum atomic E-state index is -1.94. The number of hydrogen-bond acceptors (Lipinski definition) is 0. The van der Waals surface area contributed by atoms with E-state index in [1.807, 2.05) is 12.2 Å². The molecule has 0 heterocycles. The Labute approximate surface area is 149 Å². The molecule has 0 aromatic carbocycles. The Bertz CT molecular complexity index is 264. The quantitative estimate of drug-likeness (QED) is 0.105. The maximum Gasteiger partial charge on any atom is 0.251 e. The van der Waals surface area contributed by atoms with Crippen LogP contribution in [0.3, 0.4) is 0 Å². The summed E-state index contributed by atoms with van der Waals surface area (Å²) in [6.07, 6.45) is 20.6. The fourth-order valence-corrected chi connectivity index (χ4v) is 6.10. The largest absolute Gasteiger partial charge is 0.251 e. The van der Waals surface area contributed by atoms with Crippen molar-refractivity contribution in [2.24, 2.45) is 0 Å². The second-order valence-electron chi connectivity index (χ2n) is 6.40. The van der Waals surface area contributed by atoms with Crippen LogP contribution in [0.2, 0.25) is 12.1 Å². The molecule has 0 aromatic rings. The van der Waals surface area contributed by atoms with Crippen LogP contribution in [0.15, 0.2) is 25.3 Å². The van der Waals surface area contributed by atoms with Gasteiger partial charge in [0.05, 0.1) is 0 Å². The molecule has 0 rings (SSSR count). The van der Waals surface area contributed by atoms with Gasteiger partial charge in [-0.1, -0.05) is 69.9 Å². The van der Waals surface area contributed by atoms with E-state index in [9.17, 15) is 0 Å². The summed E-state index contributed by atoms with van der Waals surface area (Å²) in [4.78, 5) is 0. The molecule has 3 heteroatoms. The molecule has 0 saturated carbocycles. The minimum absolute atomic E-state index is 1.08. The Morgan fingerprint density at radius 2 is 0.864 bits per heavy atom. The van der Waals surface area contributed by atoms with Crippen LogP contribution < -0.4 is 0 Å². The molecule has 0 atom stereocenters. The van der Waals surface area contributed by atoms with Gasteiger partial charge in [0.15, 0.2) is 0 Å². The first-order valence-corrected chi connectivity index (χ1v) is 13.7. The third-order valence-electron chi connectivity index (χ3n) is 4.15. The normalized spacial score (nSPS) is 11.5. The van der Waals surface area contributed by atoms with Crippen LogP contribution in [0.4, 0.5) is 0 Å². The molecule has 0 nitrogen and oxygen atoms in total. The lowest BCUT2D eigenvalue weighted by atomic mass is 10.1. The highest BCUT2D eigenvalue weighted by molar-refractivity contribution is 7.45. The van der Waals surface area contributed by atoms with Gasteiger partial charge < -0.3 is 0 Å². The summed E-state index contributed by atoms with van der Waals surface area (Å²) in [5.74, 6) is 0. The number of unbranched alkanes of at least 4 members (excludes halogenated alkanes) is 11.